The number of halogens is 1. The Morgan fingerprint density at radius 2 is 2.05 bits per heavy atom. The highest BCUT2D eigenvalue weighted by Crippen LogP contribution is 2.24. The second-order valence-electron chi connectivity index (χ2n) is 4.76. The van der Waals surface area contributed by atoms with Gasteiger partial charge in [0.2, 0.25) is 0 Å². The number of aryl methyl sites for hydroxylation is 1. The van der Waals surface area contributed by atoms with Gasteiger partial charge in [0.25, 0.3) is 0 Å². The van der Waals surface area contributed by atoms with Crippen LogP contribution in [0.3, 0.4) is 0 Å². The highest BCUT2D eigenvalue weighted by Gasteiger charge is 2.03. The van der Waals surface area contributed by atoms with Crippen LogP contribution >= 0.6 is 11.6 Å². The van der Waals surface area contributed by atoms with Crippen molar-refractivity contribution in [3.05, 3.63) is 70.8 Å². The minimum Gasteiger partial charge on any atom is -0.489 e. The Bertz CT molecular complexity index is 677. The van der Waals surface area contributed by atoms with Crippen LogP contribution in [-0.2, 0) is 0 Å². The van der Waals surface area contributed by atoms with Crippen molar-refractivity contribution < 1.29 is 4.74 Å². The Hall–Kier alpha value is -2.06. The Kier molecular flexibility index (Phi) is 5.18. The van der Waals surface area contributed by atoms with Gasteiger partial charge in [-0.1, -0.05) is 36.4 Å². The lowest BCUT2D eigenvalue weighted by atomic mass is 10.1. The van der Waals surface area contributed by atoms with Crippen molar-refractivity contribution in [3.63, 3.8) is 0 Å². The first kappa shape index (κ1) is 15.3. The fraction of sp³-hybridized carbons (Fsp3) is 0.167. The maximum atomic E-state index is 6.05. The van der Waals surface area contributed by atoms with E-state index in [9.17, 15) is 0 Å². The second kappa shape index (κ2) is 7.09. The summed E-state index contributed by atoms with van der Waals surface area (Å²) in [5.74, 6) is 0.744. The van der Waals surface area contributed by atoms with Crippen LogP contribution in [0, 0.1) is 13.8 Å². The number of hydrogen-bond donors (Lipinski definition) is 0. The first-order chi connectivity index (χ1) is 10.1. The molecule has 0 N–H and O–H groups in total. The lowest BCUT2D eigenvalue weighted by Gasteiger charge is -2.08. The van der Waals surface area contributed by atoms with E-state index >= 15 is 0 Å². The van der Waals surface area contributed by atoms with E-state index in [-0.39, 0.29) is 0 Å². The molecule has 0 saturated carbocycles. The Morgan fingerprint density at radius 1 is 1.24 bits per heavy atom. The zero-order valence-corrected chi connectivity index (χ0v) is 13.0. The van der Waals surface area contributed by atoms with Crippen molar-refractivity contribution in [1.29, 1.82) is 0 Å². The van der Waals surface area contributed by atoms with Gasteiger partial charge in [0.1, 0.15) is 12.4 Å². The summed E-state index contributed by atoms with van der Waals surface area (Å²) in [4.78, 5) is 4.56. The molecular weight excluding hydrogens is 282 g/mol. The van der Waals surface area contributed by atoms with Crippen molar-refractivity contribution in [2.75, 3.05) is 6.61 Å². The third kappa shape index (κ3) is 3.96. The van der Waals surface area contributed by atoms with Crippen LogP contribution in [-0.4, -0.2) is 12.8 Å². The topological polar surface area (TPSA) is 21.6 Å². The molecule has 0 radical (unpaired) electrons. The fourth-order valence-electron chi connectivity index (χ4n) is 1.91. The summed E-state index contributed by atoms with van der Waals surface area (Å²) in [5, 5.41) is 0.656. The highest BCUT2D eigenvalue weighted by molar-refractivity contribution is 6.30. The summed E-state index contributed by atoms with van der Waals surface area (Å²) in [6.45, 7) is 8.24. The molecule has 0 aliphatic rings. The predicted octanol–water partition coefficient (Wildman–Crippen LogP) is 5.27. The van der Waals surface area contributed by atoms with Gasteiger partial charge in [-0.3, -0.25) is 4.99 Å². The normalized spacial score (nSPS) is 10.8. The lowest BCUT2D eigenvalue weighted by Crippen LogP contribution is -1.97. The van der Waals surface area contributed by atoms with Crippen LogP contribution in [0.1, 0.15) is 16.7 Å². The van der Waals surface area contributed by atoms with Crippen molar-refractivity contribution in [3.8, 4) is 5.75 Å². The van der Waals surface area contributed by atoms with Crippen molar-refractivity contribution in [2.45, 2.75) is 13.8 Å². The molecule has 0 unspecified atom stereocenters. The Labute approximate surface area is 130 Å². The first-order valence-corrected chi connectivity index (χ1v) is 7.13. The predicted molar refractivity (Wildman–Crippen MR) is 90.3 cm³/mol. The molecule has 0 atom stereocenters. The third-order valence-electron chi connectivity index (χ3n) is 3.25. The largest absolute Gasteiger partial charge is 0.489 e. The minimum atomic E-state index is 0.450. The zero-order valence-electron chi connectivity index (χ0n) is 12.3. The van der Waals surface area contributed by atoms with Gasteiger partial charge in [-0.15, -0.1) is 0 Å². The van der Waals surface area contributed by atoms with Crippen LogP contribution in [0.15, 0.2) is 54.0 Å². The van der Waals surface area contributed by atoms with Crippen LogP contribution in [0.4, 0.5) is 5.69 Å². The van der Waals surface area contributed by atoms with Crippen molar-refractivity contribution >= 4 is 23.5 Å². The maximum absolute atomic E-state index is 6.05. The number of ether oxygens (including phenoxy) is 1. The van der Waals surface area contributed by atoms with Gasteiger partial charge < -0.3 is 4.74 Å². The van der Waals surface area contributed by atoms with E-state index in [4.69, 9.17) is 16.3 Å². The van der Waals surface area contributed by atoms with Gasteiger partial charge in [-0.25, -0.2) is 0 Å². The molecule has 2 aromatic carbocycles. The molecule has 0 bridgehead atoms. The number of aliphatic imine (C=N–C) groups is 1. The van der Waals surface area contributed by atoms with Gasteiger partial charge >= 0.3 is 0 Å². The van der Waals surface area contributed by atoms with Crippen molar-refractivity contribution in [1.82, 2.24) is 0 Å². The minimum absolute atomic E-state index is 0.450. The van der Waals surface area contributed by atoms with E-state index in [1.54, 1.807) is 18.4 Å². The molecule has 3 heteroatoms. The monoisotopic (exact) mass is 299 g/mol. The fourth-order valence-corrected chi connectivity index (χ4v) is 2.10. The molecule has 0 amide bonds. The average molecular weight is 300 g/mol. The summed E-state index contributed by atoms with van der Waals surface area (Å²) in [6, 6.07) is 11.6. The van der Waals surface area contributed by atoms with E-state index in [2.05, 4.69) is 31.5 Å². The maximum Gasteiger partial charge on any atom is 0.128 e. The molecule has 21 heavy (non-hydrogen) atoms. The number of hydrogen-bond acceptors (Lipinski definition) is 2. The van der Waals surface area contributed by atoms with Crippen LogP contribution in [0.5, 0.6) is 5.75 Å². The molecule has 0 fully saturated rings. The van der Waals surface area contributed by atoms with E-state index < -0.39 is 0 Å². The molecule has 0 saturated heterocycles. The number of rotatable bonds is 5. The van der Waals surface area contributed by atoms with E-state index in [0.29, 0.717) is 11.6 Å². The zero-order chi connectivity index (χ0) is 15.2. The van der Waals surface area contributed by atoms with E-state index in [1.807, 2.05) is 24.3 Å². The average Bonchev–Trinajstić information content (AvgIpc) is 2.48. The van der Waals surface area contributed by atoms with Crippen LogP contribution < -0.4 is 4.74 Å². The lowest BCUT2D eigenvalue weighted by molar-refractivity contribution is 0.363. The van der Waals surface area contributed by atoms with Gasteiger partial charge in [-0.05, 0) is 49.2 Å². The number of benzene rings is 2. The Balaban J connectivity index is 2.33. The smallest absolute Gasteiger partial charge is 0.128 e. The quantitative estimate of drug-likeness (QED) is 0.544. The standard InChI is InChI=1S/C18H18ClNO/c1-4-10-21-18-9-8-16(19)11-15(18)12-20-17-7-5-6-13(2)14(17)3/h4-9,11-12H,1,10H2,2-3H3. The van der Waals surface area contributed by atoms with Gasteiger partial charge in [0, 0.05) is 16.8 Å². The highest BCUT2D eigenvalue weighted by atomic mass is 35.5. The summed E-state index contributed by atoms with van der Waals surface area (Å²) >= 11 is 6.05. The van der Waals surface area contributed by atoms with Crippen molar-refractivity contribution in [2.24, 2.45) is 4.99 Å². The van der Waals surface area contributed by atoms with Gasteiger partial charge in [0.15, 0.2) is 0 Å². The summed E-state index contributed by atoms with van der Waals surface area (Å²) < 4.78 is 5.62. The van der Waals surface area contributed by atoms with Gasteiger partial charge in [-0.2, -0.15) is 0 Å². The molecule has 2 aromatic rings. The summed E-state index contributed by atoms with van der Waals surface area (Å²) in [7, 11) is 0. The molecule has 2 nitrogen and oxygen atoms in total. The van der Waals surface area contributed by atoms with Crippen LogP contribution in [0.25, 0.3) is 0 Å². The molecule has 0 heterocycles. The molecule has 0 aromatic heterocycles. The molecule has 0 aliphatic carbocycles. The van der Waals surface area contributed by atoms with E-state index in [1.165, 1.54) is 11.1 Å². The SMILES string of the molecule is C=CCOc1ccc(Cl)cc1C=Nc1cccc(C)c1C. The molecule has 108 valence electrons. The summed E-state index contributed by atoms with van der Waals surface area (Å²) in [6.07, 6.45) is 3.49. The van der Waals surface area contributed by atoms with Crippen LogP contribution in [0.2, 0.25) is 5.02 Å². The molecule has 0 spiro atoms. The second-order valence-corrected chi connectivity index (χ2v) is 5.20. The van der Waals surface area contributed by atoms with E-state index in [0.717, 1.165) is 17.0 Å². The molecule has 2 rings (SSSR count). The first-order valence-electron chi connectivity index (χ1n) is 6.75. The molecular formula is C18H18ClNO. The molecule has 0 aliphatic heterocycles. The number of nitrogens with zero attached hydrogens (tertiary/aromatic N) is 1. The summed E-state index contributed by atoms with van der Waals surface area (Å²) in [5.41, 5.74) is 4.19. The Morgan fingerprint density at radius 3 is 2.81 bits per heavy atom. The van der Waals surface area contributed by atoms with Gasteiger partial charge in [0.05, 0.1) is 5.69 Å². The third-order valence-corrected chi connectivity index (χ3v) is 3.48.